The van der Waals surface area contributed by atoms with E-state index in [1.807, 2.05) is 24.3 Å². The number of benzene rings is 3. The first-order valence-electron chi connectivity index (χ1n) is 9.96. The minimum atomic E-state index is -0.361. The van der Waals surface area contributed by atoms with E-state index in [9.17, 15) is 14.0 Å². The van der Waals surface area contributed by atoms with Crippen molar-refractivity contribution in [3.05, 3.63) is 101 Å². The summed E-state index contributed by atoms with van der Waals surface area (Å²) in [6.45, 7) is 0. The van der Waals surface area contributed by atoms with Gasteiger partial charge in [0, 0.05) is 25.7 Å². The van der Waals surface area contributed by atoms with Crippen molar-refractivity contribution in [3.8, 4) is 0 Å². The first-order chi connectivity index (χ1) is 15.3. The fourth-order valence-corrected chi connectivity index (χ4v) is 2.97. The van der Waals surface area contributed by atoms with Crippen LogP contribution in [0.2, 0.25) is 0 Å². The van der Waals surface area contributed by atoms with Gasteiger partial charge in [-0.25, -0.2) is 4.39 Å². The quantitative estimate of drug-likeness (QED) is 0.339. The molecule has 3 aromatic carbocycles. The van der Waals surface area contributed by atoms with Crippen LogP contribution in [0, 0.1) is 5.82 Å². The van der Waals surface area contributed by atoms with Gasteiger partial charge < -0.3 is 16.0 Å². The third kappa shape index (κ3) is 5.92. The van der Waals surface area contributed by atoms with Crippen LogP contribution in [0.1, 0.15) is 16.7 Å². The molecule has 0 saturated heterocycles. The molecule has 6 heteroatoms. The van der Waals surface area contributed by atoms with Crippen molar-refractivity contribution < 1.29 is 14.0 Å². The number of nitrogen functional groups attached to an aromatic ring is 1. The van der Waals surface area contributed by atoms with Crippen molar-refractivity contribution in [1.29, 1.82) is 0 Å². The fraction of sp³-hybridized carbons (Fsp3) is 0.0769. The Morgan fingerprint density at radius 1 is 0.906 bits per heavy atom. The number of hydrogen-bond donors (Lipinski definition) is 2. The Morgan fingerprint density at radius 2 is 1.53 bits per heavy atom. The molecule has 0 aliphatic carbocycles. The molecular formula is C26H24FN3O2. The number of anilines is 2. The summed E-state index contributed by atoms with van der Waals surface area (Å²) < 4.78 is 13.3. The van der Waals surface area contributed by atoms with E-state index in [0.717, 1.165) is 11.1 Å². The third-order valence-corrected chi connectivity index (χ3v) is 4.69. The molecule has 0 saturated carbocycles. The maximum Gasteiger partial charge on any atom is 0.253 e. The highest BCUT2D eigenvalue weighted by Crippen LogP contribution is 2.21. The van der Waals surface area contributed by atoms with Gasteiger partial charge in [0.25, 0.3) is 5.91 Å². The molecule has 5 nitrogen and oxygen atoms in total. The monoisotopic (exact) mass is 429 g/mol. The largest absolute Gasteiger partial charge is 0.397 e. The van der Waals surface area contributed by atoms with Gasteiger partial charge in [0.05, 0.1) is 11.4 Å². The SMILES string of the molecule is CN(C)C(=O)C(=Cc1ccc(/C=C/C(=O)Nc2ccccc2N)cc1)c1ccc(F)cc1. The average Bonchev–Trinajstić information content (AvgIpc) is 2.78. The number of hydrogen-bond acceptors (Lipinski definition) is 3. The third-order valence-electron chi connectivity index (χ3n) is 4.69. The Labute approximate surface area is 186 Å². The summed E-state index contributed by atoms with van der Waals surface area (Å²) in [6.07, 6.45) is 4.87. The van der Waals surface area contributed by atoms with Gasteiger partial charge in [0.1, 0.15) is 5.82 Å². The summed E-state index contributed by atoms with van der Waals surface area (Å²) >= 11 is 0. The van der Waals surface area contributed by atoms with E-state index < -0.39 is 0 Å². The second-order valence-corrected chi connectivity index (χ2v) is 7.34. The minimum absolute atomic E-state index is 0.183. The highest BCUT2D eigenvalue weighted by molar-refractivity contribution is 6.24. The zero-order chi connectivity index (χ0) is 23.1. The van der Waals surface area contributed by atoms with Crippen LogP contribution in [-0.2, 0) is 9.59 Å². The molecule has 0 fully saturated rings. The highest BCUT2D eigenvalue weighted by Gasteiger charge is 2.14. The van der Waals surface area contributed by atoms with Crippen molar-refractivity contribution in [2.24, 2.45) is 0 Å². The second-order valence-electron chi connectivity index (χ2n) is 7.34. The van der Waals surface area contributed by atoms with Crippen molar-refractivity contribution in [3.63, 3.8) is 0 Å². The van der Waals surface area contributed by atoms with Crippen LogP contribution in [0.15, 0.2) is 78.9 Å². The number of nitrogens with one attached hydrogen (secondary N) is 1. The van der Waals surface area contributed by atoms with E-state index in [-0.39, 0.29) is 17.6 Å². The maximum absolute atomic E-state index is 13.3. The Morgan fingerprint density at radius 3 is 2.16 bits per heavy atom. The summed E-state index contributed by atoms with van der Waals surface area (Å²) in [5, 5.41) is 2.73. The van der Waals surface area contributed by atoms with Gasteiger partial charge in [-0.1, -0.05) is 48.5 Å². The minimum Gasteiger partial charge on any atom is -0.397 e. The van der Waals surface area contributed by atoms with E-state index in [0.29, 0.717) is 22.5 Å². The maximum atomic E-state index is 13.3. The molecule has 0 aliphatic rings. The van der Waals surface area contributed by atoms with E-state index in [1.54, 1.807) is 62.6 Å². The van der Waals surface area contributed by atoms with Crippen LogP contribution in [0.25, 0.3) is 17.7 Å². The van der Waals surface area contributed by atoms with Crippen molar-refractivity contribution in [2.45, 2.75) is 0 Å². The van der Waals surface area contributed by atoms with Gasteiger partial charge in [-0.05, 0) is 53.1 Å². The number of carbonyl (C=O) groups excluding carboxylic acids is 2. The van der Waals surface area contributed by atoms with Gasteiger partial charge >= 0.3 is 0 Å². The molecule has 162 valence electrons. The molecule has 0 bridgehead atoms. The summed E-state index contributed by atoms with van der Waals surface area (Å²) in [5.74, 6) is -0.833. The van der Waals surface area contributed by atoms with Gasteiger partial charge in [0.15, 0.2) is 0 Å². The number of amides is 2. The standard InChI is InChI=1S/C26H24FN3O2/c1-30(2)26(32)22(20-12-14-21(27)15-13-20)17-19-9-7-18(8-10-19)11-16-25(31)29-24-6-4-3-5-23(24)28/h3-17H,28H2,1-2H3,(H,29,31)/b16-11+,22-17?. The molecule has 0 aliphatic heterocycles. The summed E-state index contributed by atoms with van der Waals surface area (Å²) in [5.41, 5.74) is 9.59. The topological polar surface area (TPSA) is 75.4 Å². The predicted molar refractivity (Wildman–Crippen MR) is 128 cm³/mol. The van der Waals surface area contributed by atoms with Crippen molar-refractivity contribution in [1.82, 2.24) is 4.90 Å². The molecule has 0 heterocycles. The van der Waals surface area contributed by atoms with E-state index in [2.05, 4.69) is 5.32 Å². The van der Waals surface area contributed by atoms with E-state index in [1.165, 1.54) is 23.1 Å². The van der Waals surface area contributed by atoms with Crippen LogP contribution in [0.4, 0.5) is 15.8 Å². The zero-order valence-corrected chi connectivity index (χ0v) is 17.9. The van der Waals surface area contributed by atoms with Gasteiger partial charge in [-0.2, -0.15) is 0 Å². The molecule has 0 atom stereocenters. The molecule has 0 spiro atoms. The molecular weight excluding hydrogens is 405 g/mol. The Hall–Kier alpha value is -4.19. The number of carbonyl (C=O) groups is 2. The van der Waals surface area contributed by atoms with Crippen LogP contribution in [-0.4, -0.2) is 30.8 Å². The summed E-state index contributed by atoms with van der Waals surface area (Å²) in [4.78, 5) is 26.3. The van der Waals surface area contributed by atoms with Crippen LogP contribution in [0.5, 0.6) is 0 Å². The van der Waals surface area contributed by atoms with Crippen LogP contribution in [0.3, 0.4) is 0 Å². The number of nitrogens with zero attached hydrogens (tertiary/aromatic N) is 1. The molecule has 2 amide bonds. The molecule has 0 radical (unpaired) electrons. The second kappa shape index (κ2) is 10.2. The van der Waals surface area contributed by atoms with Crippen LogP contribution >= 0.6 is 0 Å². The average molecular weight is 429 g/mol. The summed E-state index contributed by atoms with van der Waals surface area (Å²) in [6, 6.07) is 20.2. The lowest BCUT2D eigenvalue weighted by Crippen LogP contribution is -2.22. The number of para-hydroxylation sites is 2. The zero-order valence-electron chi connectivity index (χ0n) is 17.9. The number of halogens is 1. The normalized spacial score (nSPS) is 11.4. The molecule has 3 aromatic rings. The molecule has 3 N–H and O–H groups in total. The predicted octanol–water partition coefficient (Wildman–Crippen LogP) is 4.69. The summed E-state index contributed by atoms with van der Waals surface area (Å²) in [7, 11) is 3.34. The van der Waals surface area contributed by atoms with Crippen molar-refractivity contribution in [2.75, 3.05) is 25.1 Å². The molecule has 3 rings (SSSR count). The Kier molecular flexibility index (Phi) is 7.18. The smallest absolute Gasteiger partial charge is 0.253 e. The molecule has 32 heavy (non-hydrogen) atoms. The lowest BCUT2D eigenvalue weighted by Gasteiger charge is -2.14. The van der Waals surface area contributed by atoms with Crippen LogP contribution < -0.4 is 11.1 Å². The lowest BCUT2D eigenvalue weighted by molar-refractivity contribution is -0.122. The van der Waals surface area contributed by atoms with Gasteiger partial charge in [0.2, 0.25) is 5.91 Å². The number of rotatable bonds is 6. The fourth-order valence-electron chi connectivity index (χ4n) is 2.97. The van der Waals surface area contributed by atoms with E-state index >= 15 is 0 Å². The van der Waals surface area contributed by atoms with E-state index in [4.69, 9.17) is 5.73 Å². The lowest BCUT2D eigenvalue weighted by atomic mass is 10.0. The Bertz CT molecular complexity index is 1160. The van der Waals surface area contributed by atoms with Gasteiger partial charge in [-0.15, -0.1) is 0 Å². The Balaban J connectivity index is 1.76. The van der Waals surface area contributed by atoms with Gasteiger partial charge in [-0.3, -0.25) is 9.59 Å². The first kappa shape index (κ1) is 22.5. The number of likely N-dealkylation sites (N-methyl/N-ethyl adjacent to an activating group) is 1. The molecule has 0 unspecified atom stereocenters. The van der Waals surface area contributed by atoms with Crippen molar-refractivity contribution >= 4 is 40.9 Å². The first-order valence-corrected chi connectivity index (χ1v) is 9.96. The number of nitrogens with two attached hydrogens (primary N) is 1. The molecule has 0 aromatic heterocycles. The highest BCUT2D eigenvalue weighted by atomic mass is 19.1.